The highest BCUT2D eigenvalue weighted by atomic mass is 16.5. The first-order valence-corrected chi connectivity index (χ1v) is 12.5. The molecule has 0 radical (unpaired) electrons. The third kappa shape index (κ3) is 3.50. The van der Waals surface area contributed by atoms with Gasteiger partial charge in [0.1, 0.15) is 11.5 Å². The summed E-state index contributed by atoms with van der Waals surface area (Å²) in [5.41, 5.74) is 1.92. The SMILES string of the molecule is COc1cccc(N2C[C@H](C(=O)Oc3ccc(N4C(=O)[C@H]5[C@H]6CC[C@@H](C6)[C@@H]5C4=O)c(C)c3)CC2=O)c1. The Kier molecular flexibility index (Phi) is 5.35. The number of hydrogen-bond acceptors (Lipinski definition) is 6. The minimum Gasteiger partial charge on any atom is -0.497 e. The summed E-state index contributed by atoms with van der Waals surface area (Å²) in [6.45, 7) is 2.03. The van der Waals surface area contributed by atoms with Gasteiger partial charge in [-0.15, -0.1) is 0 Å². The quantitative estimate of drug-likeness (QED) is 0.363. The molecule has 4 aliphatic rings. The molecule has 5 atom stereocenters. The van der Waals surface area contributed by atoms with E-state index in [1.165, 1.54) is 4.90 Å². The van der Waals surface area contributed by atoms with Gasteiger partial charge in [0, 0.05) is 24.7 Å². The predicted molar refractivity (Wildman–Crippen MR) is 131 cm³/mol. The molecule has 0 aromatic heterocycles. The molecule has 2 bridgehead atoms. The Labute approximate surface area is 209 Å². The van der Waals surface area contributed by atoms with Gasteiger partial charge in [0.2, 0.25) is 17.7 Å². The third-order valence-electron chi connectivity index (χ3n) is 8.38. The number of imide groups is 1. The Morgan fingerprint density at radius 2 is 1.67 bits per heavy atom. The first-order valence-electron chi connectivity index (χ1n) is 12.5. The Bertz CT molecular complexity index is 1260. The largest absolute Gasteiger partial charge is 0.497 e. The second kappa shape index (κ2) is 8.47. The molecule has 4 fully saturated rings. The number of benzene rings is 2. The average Bonchev–Trinajstić information content (AvgIpc) is 3.63. The summed E-state index contributed by atoms with van der Waals surface area (Å²) in [5, 5.41) is 0. The lowest BCUT2D eigenvalue weighted by molar-refractivity contribution is -0.139. The second-order valence-corrected chi connectivity index (χ2v) is 10.4. The number of aryl methyl sites for hydroxylation is 1. The van der Waals surface area contributed by atoms with Crippen molar-refractivity contribution in [1.29, 1.82) is 0 Å². The molecule has 2 aliphatic carbocycles. The Balaban J connectivity index is 1.15. The van der Waals surface area contributed by atoms with Crippen LogP contribution in [0.15, 0.2) is 42.5 Å². The number of esters is 1. The lowest BCUT2D eigenvalue weighted by Gasteiger charge is -2.20. The van der Waals surface area contributed by atoms with Crippen LogP contribution in [0.25, 0.3) is 0 Å². The van der Waals surface area contributed by atoms with Gasteiger partial charge in [-0.3, -0.25) is 19.2 Å². The zero-order valence-corrected chi connectivity index (χ0v) is 20.3. The van der Waals surface area contributed by atoms with Crippen molar-refractivity contribution in [2.75, 3.05) is 23.5 Å². The van der Waals surface area contributed by atoms with Crippen LogP contribution in [0, 0.1) is 36.5 Å². The molecule has 186 valence electrons. The molecule has 6 rings (SSSR count). The molecule has 36 heavy (non-hydrogen) atoms. The van der Waals surface area contributed by atoms with E-state index in [1.807, 2.05) is 0 Å². The summed E-state index contributed by atoms with van der Waals surface area (Å²) < 4.78 is 10.8. The molecule has 2 aromatic carbocycles. The second-order valence-electron chi connectivity index (χ2n) is 10.4. The van der Waals surface area contributed by atoms with Gasteiger partial charge in [-0.1, -0.05) is 6.07 Å². The molecule has 0 N–H and O–H groups in total. The molecule has 2 saturated carbocycles. The molecule has 2 heterocycles. The Morgan fingerprint density at radius 1 is 0.944 bits per heavy atom. The van der Waals surface area contributed by atoms with Gasteiger partial charge in [-0.2, -0.15) is 0 Å². The summed E-state index contributed by atoms with van der Waals surface area (Å²) >= 11 is 0. The number of nitrogens with zero attached hydrogens (tertiary/aromatic N) is 2. The normalized spacial score (nSPS) is 28.7. The number of rotatable bonds is 5. The molecule has 3 amide bonds. The molecule has 0 spiro atoms. The van der Waals surface area contributed by atoms with Gasteiger partial charge < -0.3 is 14.4 Å². The summed E-state index contributed by atoms with van der Waals surface area (Å²) in [5.74, 6) is -0.162. The van der Waals surface area contributed by atoms with Crippen molar-refractivity contribution in [3.8, 4) is 11.5 Å². The number of anilines is 2. The minimum atomic E-state index is -0.597. The number of carbonyl (C=O) groups is 4. The number of amides is 3. The summed E-state index contributed by atoms with van der Waals surface area (Å²) in [4.78, 5) is 54.7. The standard InChI is InChI=1S/C28H28N2O6/c1-15-10-21(8-9-22(15)30-26(32)24-16-6-7-17(11-16)25(24)27(30)33)36-28(34)18-12-23(31)29(14-18)19-4-3-5-20(13-19)35-2/h3-5,8-10,13,16-18,24-25H,6-7,11-12,14H2,1-2H3/t16-,17-,18+,24-,25-/m0/s1. The van der Waals surface area contributed by atoms with E-state index in [2.05, 4.69) is 0 Å². The number of hydrogen-bond donors (Lipinski definition) is 0. The van der Waals surface area contributed by atoms with E-state index in [4.69, 9.17) is 9.47 Å². The minimum absolute atomic E-state index is 0.0645. The Hall–Kier alpha value is -3.68. The maximum Gasteiger partial charge on any atom is 0.316 e. The molecule has 0 unspecified atom stereocenters. The summed E-state index contributed by atoms with van der Waals surface area (Å²) in [7, 11) is 1.56. The van der Waals surface area contributed by atoms with E-state index < -0.39 is 11.9 Å². The summed E-state index contributed by atoms with van der Waals surface area (Å²) in [6.07, 6.45) is 3.12. The van der Waals surface area contributed by atoms with E-state index in [0.717, 1.165) is 19.3 Å². The van der Waals surface area contributed by atoms with Crippen molar-refractivity contribution in [1.82, 2.24) is 0 Å². The lowest BCUT2D eigenvalue weighted by atomic mass is 9.81. The van der Waals surface area contributed by atoms with Crippen LogP contribution >= 0.6 is 0 Å². The van der Waals surface area contributed by atoms with Crippen LogP contribution in [0.5, 0.6) is 11.5 Å². The smallest absolute Gasteiger partial charge is 0.316 e. The molecule has 2 saturated heterocycles. The topological polar surface area (TPSA) is 93.2 Å². The van der Waals surface area contributed by atoms with Crippen molar-refractivity contribution in [3.63, 3.8) is 0 Å². The number of methoxy groups -OCH3 is 1. The van der Waals surface area contributed by atoms with Crippen LogP contribution in [-0.4, -0.2) is 37.3 Å². The molecule has 8 heteroatoms. The highest BCUT2D eigenvalue weighted by molar-refractivity contribution is 6.23. The van der Waals surface area contributed by atoms with Gasteiger partial charge in [-0.05, 0) is 73.9 Å². The number of fused-ring (bicyclic) bond motifs is 5. The number of ether oxygens (including phenoxy) is 2. The van der Waals surface area contributed by atoms with Crippen LogP contribution in [0.1, 0.15) is 31.2 Å². The van der Waals surface area contributed by atoms with E-state index in [0.29, 0.717) is 40.3 Å². The van der Waals surface area contributed by atoms with Crippen molar-refractivity contribution < 1.29 is 28.7 Å². The maximum absolute atomic E-state index is 13.2. The zero-order valence-electron chi connectivity index (χ0n) is 20.3. The van der Waals surface area contributed by atoms with E-state index >= 15 is 0 Å². The van der Waals surface area contributed by atoms with Crippen LogP contribution in [0.3, 0.4) is 0 Å². The van der Waals surface area contributed by atoms with Crippen molar-refractivity contribution in [2.45, 2.75) is 32.6 Å². The van der Waals surface area contributed by atoms with E-state index in [-0.39, 0.29) is 42.5 Å². The molecule has 2 aliphatic heterocycles. The zero-order chi connectivity index (χ0) is 25.1. The fraction of sp³-hybridized carbons (Fsp3) is 0.429. The Morgan fingerprint density at radius 3 is 2.33 bits per heavy atom. The first-order chi connectivity index (χ1) is 17.4. The highest BCUT2D eigenvalue weighted by Gasteiger charge is 2.61. The van der Waals surface area contributed by atoms with E-state index in [9.17, 15) is 19.2 Å². The monoisotopic (exact) mass is 488 g/mol. The van der Waals surface area contributed by atoms with Gasteiger partial charge in [0.15, 0.2) is 0 Å². The van der Waals surface area contributed by atoms with Crippen molar-refractivity contribution in [3.05, 3.63) is 48.0 Å². The summed E-state index contributed by atoms with van der Waals surface area (Å²) in [6, 6.07) is 12.1. The lowest BCUT2D eigenvalue weighted by Crippen LogP contribution is -2.33. The average molecular weight is 489 g/mol. The van der Waals surface area contributed by atoms with E-state index in [1.54, 1.807) is 61.4 Å². The van der Waals surface area contributed by atoms with Crippen molar-refractivity contribution in [2.24, 2.45) is 29.6 Å². The molecular formula is C28H28N2O6. The van der Waals surface area contributed by atoms with Crippen molar-refractivity contribution >= 4 is 35.1 Å². The van der Waals surface area contributed by atoms with Gasteiger partial charge in [0.25, 0.3) is 0 Å². The first kappa shape index (κ1) is 22.8. The van der Waals surface area contributed by atoms with Crippen LogP contribution in [0.4, 0.5) is 11.4 Å². The molecule has 2 aromatic rings. The fourth-order valence-corrected chi connectivity index (χ4v) is 6.68. The van der Waals surface area contributed by atoms with Gasteiger partial charge in [0.05, 0.1) is 30.6 Å². The van der Waals surface area contributed by atoms with Gasteiger partial charge >= 0.3 is 5.97 Å². The van der Waals surface area contributed by atoms with Crippen LogP contribution in [-0.2, 0) is 19.2 Å². The molecular weight excluding hydrogens is 460 g/mol. The van der Waals surface area contributed by atoms with Crippen LogP contribution < -0.4 is 19.3 Å². The molecule has 8 nitrogen and oxygen atoms in total. The predicted octanol–water partition coefficient (Wildman–Crippen LogP) is 3.50. The third-order valence-corrected chi connectivity index (χ3v) is 8.38. The van der Waals surface area contributed by atoms with Gasteiger partial charge in [-0.25, -0.2) is 4.90 Å². The van der Waals surface area contributed by atoms with Crippen LogP contribution in [0.2, 0.25) is 0 Å². The fourth-order valence-electron chi connectivity index (χ4n) is 6.68. The highest BCUT2D eigenvalue weighted by Crippen LogP contribution is 2.56. The maximum atomic E-state index is 13.2. The number of carbonyl (C=O) groups excluding carboxylic acids is 4.